The van der Waals surface area contributed by atoms with Crippen molar-refractivity contribution in [3.05, 3.63) is 56.9 Å². The zero-order valence-corrected chi connectivity index (χ0v) is 20.9. The molecule has 1 unspecified atom stereocenters. The van der Waals surface area contributed by atoms with Crippen LogP contribution < -0.4 is 19.5 Å². The maximum atomic E-state index is 12.7. The SMILES string of the molecule is COc1ccc(/C=C2\SC(=O)N(CCNC(=O)C(C)Oc3ccc(Cl)cc3Cl)C2=O)cc1OC. The van der Waals surface area contributed by atoms with E-state index in [0.29, 0.717) is 27.8 Å². The summed E-state index contributed by atoms with van der Waals surface area (Å²) in [4.78, 5) is 38.8. The lowest BCUT2D eigenvalue weighted by Crippen LogP contribution is -2.41. The van der Waals surface area contributed by atoms with Gasteiger partial charge in [-0.1, -0.05) is 29.3 Å². The summed E-state index contributed by atoms with van der Waals surface area (Å²) >= 11 is 12.8. The van der Waals surface area contributed by atoms with Crippen molar-refractivity contribution < 1.29 is 28.6 Å². The van der Waals surface area contributed by atoms with Gasteiger partial charge in [-0.3, -0.25) is 19.3 Å². The highest BCUT2D eigenvalue weighted by molar-refractivity contribution is 8.18. The monoisotopic (exact) mass is 524 g/mol. The Balaban J connectivity index is 1.56. The number of halogens is 2. The molecule has 2 aromatic carbocycles. The average molecular weight is 525 g/mol. The van der Waals surface area contributed by atoms with Crippen molar-refractivity contribution in [3.63, 3.8) is 0 Å². The summed E-state index contributed by atoms with van der Waals surface area (Å²) in [5, 5.41) is 2.98. The molecule has 0 radical (unpaired) electrons. The minimum Gasteiger partial charge on any atom is -0.493 e. The maximum absolute atomic E-state index is 12.7. The fourth-order valence-electron chi connectivity index (χ4n) is 3.04. The predicted octanol–water partition coefficient (Wildman–Crippen LogP) is 4.63. The summed E-state index contributed by atoms with van der Waals surface area (Å²) in [6.07, 6.45) is 0.760. The number of hydrogen-bond acceptors (Lipinski definition) is 7. The van der Waals surface area contributed by atoms with Crippen LogP contribution in [0.3, 0.4) is 0 Å². The summed E-state index contributed by atoms with van der Waals surface area (Å²) in [6, 6.07) is 9.86. The molecule has 180 valence electrons. The third kappa shape index (κ3) is 6.16. The first-order valence-electron chi connectivity index (χ1n) is 10.1. The topological polar surface area (TPSA) is 94.2 Å². The first kappa shape index (κ1) is 25.7. The molecular weight excluding hydrogens is 503 g/mol. The van der Waals surface area contributed by atoms with E-state index in [2.05, 4.69) is 5.32 Å². The Labute approximate surface area is 211 Å². The van der Waals surface area contributed by atoms with Crippen LogP contribution in [0.2, 0.25) is 10.0 Å². The lowest BCUT2D eigenvalue weighted by Gasteiger charge is -2.17. The number of benzene rings is 2. The highest BCUT2D eigenvalue weighted by Gasteiger charge is 2.34. The van der Waals surface area contributed by atoms with Crippen LogP contribution in [0.4, 0.5) is 4.79 Å². The van der Waals surface area contributed by atoms with Crippen molar-refractivity contribution in [2.45, 2.75) is 13.0 Å². The van der Waals surface area contributed by atoms with E-state index in [1.54, 1.807) is 43.3 Å². The van der Waals surface area contributed by atoms with Gasteiger partial charge in [0.2, 0.25) is 0 Å². The molecule has 1 saturated heterocycles. The highest BCUT2D eigenvalue weighted by atomic mass is 35.5. The molecule has 0 spiro atoms. The molecule has 1 heterocycles. The van der Waals surface area contributed by atoms with Crippen LogP contribution in [0.25, 0.3) is 6.08 Å². The van der Waals surface area contributed by atoms with Crippen LogP contribution in [0.1, 0.15) is 12.5 Å². The van der Waals surface area contributed by atoms with Gasteiger partial charge in [-0.05, 0) is 60.7 Å². The van der Waals surface area contributed by atoms with E-state index >= 15 is 0 Å². The fraction of sp³-hybridized carbons (Fsp3) is 0.261. The number of nitrogens with one attached hydrogen (secondary N) is 1. The third-order valence-electron chi connectivity index (χ3n) is 4.78. The van der Waals surface area contributed by atoms with E-state index in [9.17, 15) is 14.4 Å². The summed E-state index contributed by atoms with van der Waals surface area (Å²) in [6.45, 7) is 1.66. The minimum atomic E-state index is -0.849. The molecule has 34 heavy (non-hydrogen) atoms. The van der Waals surface area contributed by atoms with E-state index in [0.717, 1.165) is 16.7 Å². The van der Waals surface area contributed by atoms with Crippen LogP contribution in [-0.2, 0) is 9.59 Å². The van der Waals surface area contributed by atoms with Crippen molar-refractivity contribution in [1.82, 2.24) is 10.2 Å². The zero-order valence-electron chi connectivity index (χ0n) is 18.6. The Morgan fingerprint density at radius 3 is 2.47 bits per heavy atom. The number of nitrogens with zero attached hydrogens (tertiary/aromatic N) is 1. The Kier molecular flexibility index (Phi) is 8.71. The molecule has 1 aliphatic heterocycles. The van der Waals surface area contributed by atoms with Crippen molar-refractivity contribution in [2.75, 3.05) is 27.3 Å². The first-order chi connectivity index (χ1) is 16.2. The molecule has 1 fully saturated rings. The van der Waals surface area contributed by atoms with E-state index in [1.165, 1.54) is 20.3 Å². The Bertz CT molecular complexity index is 1140. The second kappa shape index (κ2) is 11.5. The lowest BCUT2D eigenvalue weighted by atomic mass is 10.2. The molecule has 2 aromatic rings. The molecular formula is C23H22Cl2N2O6S. The summed E-state index contributed by atoms with van der Waals surface area (Å²) in [7, 11) is 3.04. The number of rotatable bonds is 9. The van der Waals surface area contributed by atoms with Crippen molar-refractivity contribution in [3.8, 4) is 17.2 Å². The quantitative estimate of drug-likeness (QED) is 0.477. The molecule has 0 aliphatic carbocycles. The second-order valence-corrected chi connectivity index (χ2v) is 8.91. The van der Waals surface area contributed by atoms with Crippen LogP contribution >= 0.6 is 35.0 Å². The largest absolute Gasteiger partial charge is 0.493 e. The normalized spacial score (nSPS) is 15.4. The van der Waals surface area contributed by atoms with E-state index < -0.39 is 23.2 Å². The molecule has 1 atom stereocenters. The number of carbonyl (C=O) groups is 3. The molecule has 0 saturated carbocycles. The van der Waals surface area contributed by atoms with Gasteiger partial charge in [0.15, 0.2) is 17.6 Å². The Morgan fingerprint density at radius 2 is 1.79 bits per heavy atom. The Hall–Kier alpha value is -2.88. The van der Waals surface area contributed by atoms with Crippen LogP contribution in [0, 0.1) is 0 Å². The second-order valence-electron chi connectivity index (χ2n) is 7.07. The summed E-state index contributed by atoms with van der Waals surface area (Å²) in [5.74, 6) is 0.532. The fourth-order valence-corrected chi connectivity index (χ4v) is 4.35. The Morgan fingerprint density at radius 1 is 1.09 bits per heavy atom. The van der Waals surface area contributed by atoms with E-state index in [1.807, 2.05) is 0 Å². The number of methoxy groups -OCH3 is 2. The van der Waals surface area contributed by atoms with Gasteiger partial charge in [-0.15, -0.1) is 0 Å². The molecule has 3 amide bonds. The molecule has 8 nitrogen and oxygen atoms in total. The van der Waals surface area contributed by atoms with Gasteiger partial charge >= 0.3 is 0 Å². The van der Waals surface area contributed by atoms with Crippen LogP contribution in [-0.4, -0.2) is 55.4 Å². The first-order valence-corrected chi connectivity index (χ1v) is 11.7. The van der Waals surface area contributed by atoms with Gasteiger partial charge in [0.25, 0.3) is 17.1 Å². The summed E-state index contributed by atoms with van der Waals surface area (Å²) in [5.41, 5.74) is 0.684. The lowest BCUT2D eigenvalue weighted by molar-refractivity contribution is -0.128. The van der Waals surface area contributed by atoms with Crippen molar-refractivity contribution in [2.24, 2.45) is 0 Å². The van der Waals surface area contributed by atoms with Gasteiger partial charge in [0.1, 0.15) is 5.75 Å². The number of amides is 3. The van der Waals surface area contributed by atoms with Gasteiger partial charge in [-0.2, -0.15) is 0 Å². The van der Waals surface area contributed by atoms with Crippen LogP contribution in [0.5, 0.6) is 17.2 Å². The average Bonchev–Trinajstić information content (AvgIpc) is 3.07. The number of imide groups is 1. The molecule has 0 bridgehead atoms. The number of ether oxygens (including phenoxy) is 3. The standard InChI is InChI=1S/C23H22Cl2N2O6S/c1-13(33-17-7-5-15(24)12-16(17)25)21(28)26-8-9-27-22(29)20(34-23(27)30)11-14-4-6-18(31-2)19(10-14)32-3/h4-7,10-13H,8-9H2,1-3H3,(H,26,28)/b20-11-. The van der Waals surface area contributed by atoms with Gasteiger partial charge < -0.3 is 19.5 Å². The van der Waals surface area contributed by atoms with Crippen LogP contribution in [0.15, 0.2) is 41.3 Å². The van der Waals surface area contributed by atoms with Gasteiger partial charge in [-0.25, -0.2) is 0 Å². The van der Waals surface area contributed by atoms with Crippen molar-refractivity contribution in [1.29, 1.82) is 0 Å². The smallest absolute Gasteiger partial charge is 0.293 e. The maximum Gasteiger partial charge on any atom is 0.293 e. The number of carbonyl (C=O) groups excluding carboxylic acids is 3. The molecule has 1 N–H and O–H groups in total. The predicted molar refractivity (Wildman–Crippen MR) is 132 cm³/mol. The minimum absolute atomic E-state index is 0.0219. The molecule has 11 heteroatoms. The third-order valence-corrected chi connectivity index (χ3v) is 6.22. The van der Waals surface area contributed by atoms with E-state index in [-0.39, 0.29) is 23.0 Å². The molecule has 0 aromatic heterocycles. The molecule has 3 rings (SSSR count). The van der Waals surface area contributed by atoms with Gasteiger partial charge in [0, 0.05) is 18.1 Å². The summed E-state index contributed by atoms with van der Waals surface area (Å²) < 4.78 is 16.0. The molecule has 1 aliphatic rings. The number of hydrogen-bond donors (Lipinski definition) is 1. The highest BCUT2D eigenvalue weighted by Crippen LogP contribution is 2.34. The van der Waals surface area contributed by atoms with E-state index in [4.69, 9.17) is 37.4 Å². The van der Waals surface area contributed by atoms with Gasteiger partial charge in [0.05, 0.1) is 24.1 Å². The number of thioether (sulfide) groups is 1. The zero-order chi connectivity index (χ0) is 24.8. The van der Waals surface area contributed by atoms with Crippen molar-refractivity contribution >= 4 is 58.1 Å².